The molecular weight excluding hydrogens is 522 g/mol. The van der Waals surface area contributed by atoms with Crippen molar-refractivity contribution in [3.8, 4) is 11.5 Å². The Morgan fingerprint density at radius 3 is 2.44 bits per heavy atom. The van der Waals surface area contributed by atoms with E-state index in [0.717, 1.165) is 16.2 Å². The molecule has 0 saturated carbocycles. The van der Waals surface area contributed by atoms with Crippen molar-refractivity contribution in [2.24, 2.45) is 4.99 Å². The monoisotopic (exact) mass is 547 g/mol. The summed E-state index contributed by atoms with van der Waals surface area (Å²) >= 11 is 1.03. The van der Waals surface area contributed by atoms with E-state index < -0.39 is 29.4 Å². The van der Waals surface area contributed by atoms with E-state index in [1.807, 2.05) is 0 Å². The van der Waals surface area contributed by atoms with Crippen molar-refractivity contribution in [2.45, 2.75) is 26.8 Å². The van der Waals surface area contributed by atoms with Gasteiger partial charge in [0.25, 0.3) is 11.5 Å². The number of hydrogen-bond acceptors (Lipinski definition) is 9. The molecule has 0 aliphatic carbocycles. The fraction of sp³-hybridized carbons (Fsp3) is 0.250. The molecule has 1 atom stereocenters. The zero-order valence-corrected chi connectivity index (χ0v) is 22.8. The number of nitrogens with zero attached hydrogens (tertiary/aromatic N) is 3. The minimum Gasteiger partial charge on any atom is -0.493 e. The second kappa shape index (κ2) is 9.99. The lowest BCUT2D eigenvalue weighted by Crippen LogP contribution is -2.41. The van der Waals surface area contributed by atoms with Gasteiger partial charge in [0.2, 0.25) is 5.91 Å². The lowest BCUT2D eigenvalue weighted by Gasteiger charge is -2.25. The van der Waals surface area contributed by atoms with Crippen molar-refractivity contribution in [2.75, 3.05) is 25.7 Å². The van der Waals surface area contributed by atoms with Gasteiger partial charge in [-0.15, -0.1) is 0 Å². The standard InChI is InChI=1S/C28H25N3O7S/c1-6-38-27(35)21-14(2)29-28-31(23(21)16-11-12-19(36-4)20(13-16)37-5)26(34)24(39-28)22-17-9-7-8-10-18(17)30(15(3)32)25(22)33/h7-13,23H,6H2,1-5H3/b24-22-/t23-/m0/s1. The Bertz CT molecular complexity index is 1770. The molecule has 10 nitrogen and oxygen atoms in total. The van der Waals surface area contributed by atoms with E-state index in [9.17, 15) is 19.2 Å². The summed E-state index contributed by atoms with van der Waals surface area (Å²) in [5, 5.41) is 0. The third kappa shape index (κ3) is 4.06. The first-order valence-corrected chi connectivity index (χ1v) is 12.9. The topological polar surface area (TPSA) is 116 Å². The van der Waals surface area contributed by atoms with Crippen LogP contribution in [0.3, 0.4) is 0 Å². The number of esters is 1. The summed E-state index contributed by atoms with van der Waals surface area (Å²) < 4.78 is 17.7. The van der Waals surface area contributed by atoms with Gasteiger partial charge in [-0.05, 0) is 37.6 Å². The van der Waals surface area contributed by atoms with Crippen LogP contribution in [-0.2, 0) is 19.1 Å². The van der Waals surface area contributed by atoms with E-state index >= 15 is 0 Å². The maximum atomic E-state index is 14.1. The predicted molar refractivity (Wildman–Crippen MR) is 143 cm³/mol. The van der Waals surface area contributed by atoms with Gasteiger partial charge in [0.15, 0.2) is 16.3 Å². The predicted octanol–water partition coefficient (Wildman–Crippen LogP) is 2.08. The molecule has 0 saturated heterocycles. The van der Waals surface area contributed by atoms with Crippen LogP contribution < -0.4 is 29.3 Å². The van der Waals surface area contributed by atoms with Crippen molar-refractivity contribution in [3.05, 3.63) is 84.5 Å². The summed E-state index contributed by atoms with van der Waals surface area (Å²) in [7, 11) is 3.00. The quantitative estimate of drug-likeness (QED) is 0.449. The average molecular weight is 548 g/mol. The van der Waals surface area contributed by atoms with Crippen LogP contribution in [0.15, 0.2) is 63.5 Å². The van der Waals surface area contributed by atoms with Crippen LogP contribution in [0.25, 0.3) is 5.57 Å². The second-order valence-corrected chi connectivity index (χ2v) is 9.77. The van der Waals surface area contributed by atoms with Gasteiger partial charge in [0, 0.05) is 12.5 Å². The average Bonchev–Trinajstić information content (AvgIpc) is 3.39. The van der Waals surface area contributed by atoms with Crippen molar-refractivity contribution in [1.29, 1.82) is 0 Å². The van der Waals surface area contributed by atoms with Crippen LogP contribution in [-0.4, -0.2) is 43.2 Å². The molecule has 2 aliphatic rings. The Hall–Kier alpha value is -4.51. The highest BCUT2D eigenvalue weighted by atomic mass is 32.1. The largest absolute Gasteiger partial charge is 0.493 e. The molecule has 5 rings (SSSR count). The minimum atomic E-state index is -0.912. The van der Waals surface area contributed by atoms with Crippen molar-refractivity contribution in [3.63, 3.8) is 0 Å². The van der Waals surface area contributed by atoms with Crippen LogP contribution in [0.5, 0.6) is 11.5 Å². The Labute approximate surface area is 227 Å². The molecule has 2 aliphatic heterocycles. The van der Waals surface area contributed by atoms with E-state index in [-0.39, 0.29) is 22.3 Å². The number of anilines is 1. The van der Waals surface area contributed by atoms with Crippen LogP contribution >= 0.6 is 11.3 Å². The van der Waals surface area contributed by atoms with Crippen molar-refractivity contribution < 1.29 is 28.6 Å². The van der Waals surface area contributed by atoms with Crippen LogP contribution in [0.1, 0.15) is 37.9 Å². The highest BCUT2D eigenvalue weighted by molar-refractivity contribution is 7.07. The number of carbonyl (C=O) groups is 3. The van der Waals surface area contributed by atoms with E-state index in [4.69, 9.17) is 14.2 Å². The summed E-state index contributed by atoms with van der Waals surface area (Å²) in [5.74, 6) is -0.764. The molecule has 3 heterocycles. The molecule has 1 aromatic heterocycles. The number of para-hydroxylation sites is 1. The molecular formula is C28H25N3O7S. The number of fused-ring (bicyclic) bond motifs is 2. The first-order valence-electron chi connectivity index (χ1n) is 12.1. The number of aromatic nitrogens is 1. The molecule has 39 heavy (non-hydrogen) atoms. The highest BCUT2D eigenvalue weighted by Gasteiger charge is 2.38. The Kier molecular flexibility index (Phi) is 6.69. The SMILES string of the molecule is CCOC(=O)C1=C(C)N=c2s/c(=C3\C(=O)N(C(C)=O)c4ccccc43)c(=O)n2[C@H]1c1ccc(OC)c(OC)c1. The van der Waals surface area contributed by atoms with Gasteiger partial charge < -0.3 is 14.2 Å². The Morgan fingerprint density at radius 1 is 1.05 bits per heavy atom. The molecule has 0 unspecified atom stereocenters. The number of amides is 2. The van der Waals surface area contributed by atoms with Gasteiger partial charge in [-0.3, -0.25) is 19.0 Å². The van der Waals surface area contributed by atoms with E-state index in [1.54, 1.807) is 56.3 Å². The zero-order valence-electron chi connectivity index (χ0n) is 21.9. The fourth-order valence-corrected chi connectivity index (χ4v) is 6.07. The molecule has 2 aromatic carbocycles. The van der Waals surface area contributed by atoms with Gasteiger partial charge >= 0.3 is 5.97 Å². The normalized spacial score (nSPS) is 17.4. The molecule has 0 N–H and O–H groups in total. The Balaban J connectivity index is 1.83. The highest BCUT2D eigenvalue weighted by Crippen LogP contribution is 2.37. The lowest BCUT2D eigenvalue weighted by atomic mass is 9.95. The van der Waals surface area contributed by atoms with Gasteiger partial charge in [0.1, 0.15) is 4.53 Å². The lowest BCUT2D eigenvalue weighted by molar-refractivity contribution is -0.139. The first-order chi connectivity index (χ1) is 18.7. The summed E-state index contributed by atoms with van der Waals surface area (Å²) in [4.78, 5) is 59.1. The zero-order chi connectivity index (χ0) is 28.0. The maximum Gasteiger partial charge on any atom is 0.338 e. The number of ether oxygens (including phenoxy) is 3. The number of methoxy groups -OCH3 is 2. The minimum absolute atomic E-state index is 0.120. The molecule has 0 spiro atoms. The third-order valence-corrected chi connectivity index (χ3v) is 7.64. The smallest absolute Gasteiger partial charge is 0.338 e. The number of benzene rings is 2. The number of carbonyl (C=O) groups excluding carboxylic acids is 3. The fourth-order valence-electron chi connectivity index (χ4n) is 4.93. The summed E-state index contributed by atoms with van der Waals surface area (Å²) in [6.45, 7) is 4.80. The van der Waals surface area contributed by atoms with E-state index in [0.29, 0.717) is 38.8 Å². The van der Waals surface area contributed by atoms with Crippen molar-refractivity contribution in [1.82, 2.24) is 4.57 Å². The molecule has 2 amide bonds. The summed E-state index contributed by atoms with van der Waals surface area (Å²) in [5.41, 5.74) is 1.63. The van der Waals surface area contributed by atoms with E-state index in [1.165, 1.54) is 25.7 Å². The van der Waals surface area contributed by atoms with Crippen LogP contribution in [0.2, 0.25) is 0 Å². The third-order valence-electron chi connectivity index (χ3n) is 6.59. The molecule has 200 valence electrons. The summed E-state index contributed by atoms with van der Waals surface area (Å²) in [6, 6.07) is 11.0. The summed E-state index contributed by atoms with van der Waals surface area (Å²) in [6.07, 6.45) is 0. The number of allylic oxidation sites excluding steroid dienone is 1. The van der Waals surface area contributed by atoms with Crippen LogP contribution in [0, 0.1) is 0 Å². The number of hydrogen-bond donors (Lipinski definition) is 0. The molecule has 0 fully saturated rings. The number of imide groups is 1. The molecule has 11 heteroatoms. The molecule has 0 bridgehead atoms. The van der Waals surface area contributed by atoms with E-state index in [2.05, 4.69) is 4.99 Å². The molecule has 0 radical (unpaired) electrons. The van der Waals surface area contributed by atoms with Gasteiger partial charge in [-0.1, -0.05) is 35.6 Å². The van der Waals surface area contributed by atoms with Gasteiger partial charge in [-0.25, -0.2) is 14.7 Å². The Morgan fingerprint density at radius 2 is 1.77 bits per heavy atom. The molecule has 3 aromatic rings. The van der Waals surface area contributed by atoms with Crippen molar-refractivity contribution >= 4 is 40.4 Å². The number of thiazole rings is 1. The van der Waals surface area contributed by atoms with Crippen LogP contribution in [0.4, 0.5) is 5.69 Å². The van der Waals surface area contributed by atoms with Gasteiger partial charge in [-0.2, -0.15) is 0 Å². The van der Waals surface area contributed by atoms with Gasteiger partial charge in [0.05, 0.1) is 49.4 Å². The second-order valence-electron chi connectivity index (χ2n) is 8.79. The first kappa shape index (κ1) is 26.1. The maximum absolute atomic E-state index is 14.1. The number of rotatable bonds is 5.